The van der Waals surface area contributed by atoms with Crippen LogP contribution in [0.15, 0.2) is 24.3 Å². The molecule has 5 nitrogen and oxygen atoms in total. The number of amides is 1. The number of nitrogens with zero attached hydrogens (tertiary/aromatic N) is 1. The molecule has 0 spiro atoms. The van der Waals surface area contributed by atoms with Gasteiger partial charge in [0.15, 0.2) is 0 Å². The number of halogens is 4. The van der Waals surface area contributed by atoms with Crippen molar-refractivity contribution < 1.29 is 27.9 Å². The number of aliphatic carboxylic acids is 1. The number of anilines is 1. The fraction of sp³-hybridized carbons (Fsp3) is 0.529. The Labute approximate surface area is 156 Å². The summed E-state index contributed by atoms with van der Waals surface area (Å²) in [6, 6.07) is 7.21. The van der Waals surface area contributed by atoms with Crippen LogP contribution in [-0.4, -0.2) is 47.7 Å². The number of para-hydroxylation sites is 1. The highest BCUT2D eigenvalue weighted by molar-refractivity contribution is 5.93. The normalized spacial score (nSPS) is 20.7. The van der Waals surface area contributed by atoms with Gasteiger partial charge in [-0.25, -0.2) is 0 Å². The highest BCUT2D eigenvalue weighted by Crippen LogP contribution is 2.37. The molecule has 0 unspecified atom stereocenters. The predicted molar refractivity (Wildman–Crippen MR) is 93.5 cm³/mol. The minimum atomic E-state index is -4.60. The Kier molecular flexibility index (Phi) is 7.46. The third-order valence-electron chi connectivity index (χ3n) is 4.36. The Morgan fingerprint density at radius 3 is 2.38 bits per heavy atom. The zero-order valence-corrected chi connectivity index (χ0v) is 15.2. The summed E-state index contributed by atoms with van der Waals surface area (Å²) in [5.41, 5.74) is 1.54. The summed E-state index contributed by atoms with van der Waals surface area (Å²) >= 11 is 0. The molecule has 1 aliphatic heterocycles. The van der Waals surface area contributed by atoms with Gasteiger partial charge in [0, 0.05) is 18.8 Å². The van der Waals surface area contributed by atoms with Crippen molar-refractivity contribution in [3.63, 3.8) is 0 Å². The van der Waals surface area contributed by atoms with Crippen molar-refractivity contribution in [1.82, 2.24) is 4.90 Å². The maximum Gasteiger partial charge on any atom is 0.393 e. The van der Waals surface area contributed by atoms with Crippen LogP contribution in [0.4, 0.5) is 18.9 Å². The Balaban J connectivity index is 0.00000338. The first-order valence-corrected chi connectivity index (χ1v) is 8.00. The molecule has 1 heterocycles. The lowest BCUT2D eigenvalue weighted by molar-refractivity contribution is -0.188. The number of likely N-dealkylation sites (tertiary alicyclic amines) is 1. The highest BCUT2D eigenvalue weighted by atomic mass is 35.5. The first kappa shape index (κ1) is 22.2. The molecule has 2 rings (SSSR count). The molecule has 9 heteroatoms. The molecule has 1 fully saturated rings. The second kappa shape index (κ2) is 8.73. The summed E-state index contributed by atoms with van der Waals surface area (Å²) in [4.78, 5) is 24.5. The number of hydrogen-bond acceptors (Lipinski definition) is 3. The van der Waals surface area contributed by atoms with Crippen LogP contribution in [0.5, 0.6) is 0 Å². The van der Waals surface area contributed by atoms with Crippen molar-refractivity contribution in [3.8, 4) is 0 Å². The number of rotatable bonds is 5. The van der Waals surface area contributed by atoms with Gasteiger partial charge in [-0.15, -0.1) is 12.4 Å². The van der Waals surface area contributed by atoms with Crippen LogP contribution in [0.1, 0.15) is 25.3 Å². The summed E-state index contributed by atoms with van der Waals surface area (Å²) in [7, 11) is 0. The van der Waals surface area contributed by atoms with Crippen molar-refractivity contribution in [2.75, 3.05) is 25.0 Å². The quantitative estimate of drug-likeness (QED) is 0.803. The van der Waals surface area contributed by atoms with Crippen LogP contribution in [0.3, 0.4) is 0 Å². The van der Waals surface area contributed by atoms with Gasteiger partial charge >= 0.3 is 12.1 Å². The average Bonchev–Trinajstić information content (AvgIpc) is 2.91. The summed E-state index contributed by atoms with van der Waals surface area (Å²) in [5.74, 6) is -5.28. The summed E-state index contributed by atoms with van der Waals surface area (Å²) in [6.45, 7) is 2.88. The van der Waals surface area contributed by atoms with Crippen molar-refractivity contribution in [1.29, 1.82) is 0 Å². The minimum absolute atomic E-state index is 0. The van der Waals surface area contributed by atoms with Crippen LogP contribution in [0.2, 0.25) is 0 Å². The fourth-order valence-electron chi connectivity index (χ4n) is 3.10. The summed E-state index contributed by atoms with van der Waals surface area (Å²) in [5, 5.41) is 11.7. The zero-order valence-electron chi connectivity index (χ0n) is 14.4. The molecule has 1 saturated heterocycles. The molecule has 26 heavy (non-hydrogen) atoms. The number of carboxylic acids is 1. The first-order valence-electron chi connectivity index (χ1n) is 8.00. The molecule has 1 aliphatic rings. The number of alkyl halides is 3. The highest BCUT2D eigenvalue weighted by Gasteiger charge is 2.52. The SMILES string of the molecule is CC(C)c1ccccc1NC(=O)CN1C[C@@H](C(F)(F)F)[C@H](C(=O)O)C1.Cl. The third kappa shape index (κ3) is 5.35. The fourth-order valence-corrected chi connectivity index (χ4v) is 3.10. The molecular weight excluding hydrogens is 373 g/mol. The van der Waals surface area contributed by atoms with E-state index in [9.17, 15) is 22.8 Å². The molecule has 2 N–H and O–H groups in total. The molecule has 146 valence electrons. The standard InChI is InChI=1S/C17H21F3N2O3.ClH/c1-10(2)11-5-3-4-6-14(11)21-15(23)9-22-7-12(16(24)25)13(8-22)17(18,19)20;/h3-6,10,12-13H,7-9H2,1-2H3,(H,21,23)(H,24,25);1H/t12-,13-;/m1./s1. The average molecular weight is 395 g/mol. The van der Waals surface area contributed by atoms with Gasteiger partial charge in [0.2, 0.25) is 5.91 Å². The third-order valence-corrected chi connectivity index (χ3v) is 4.36. The van der Waals surface area contributed by atoms with Gasteiger partial charge in [0.1, 0.15) is 0 Å². The smallest absolute Gasteiger partial charge is 0.393 e. The second-order valence-corrected chi connectivity index (χ2v) is 6.58. The monoisotopic (exact) mass is 394 g/mol. The van der Waals surface area contributed by atoms with E-state index in [0.717, 1.165) is 5.56 Å². The Morgan fingerprint density at radius 2 is 1.88 bits per heavy atom. The van der Waals surface area contributed by atoms with E-state index >= 15 is 0 Å². The van der Waals surface area contributed by atoms with E-state index in [1.54, 1.807) is 12.1 Å². The maximum atomic E-state index is 13.0. The molecule has 0 aliphatic carbocycles. The van der Waals surface area contributed by atoms with Gasteiger partial charge in [-0.2, -0.15) is 13.2 Å². The van der Waals surface area contributed by atoms with Crippen LogP contribution in [0.25, 0.3) is 0 Å². The lowest BCUT2D eigenvalue weighted by atomic mass is 9.96. The first-order chi connectivity index (χ1) is 11.6. The molecular formula is C17H22ClF3N2O3. The van der Waals surface area contributed by atoms with E-state index in [0.29, 0.717) is 5.69 Å². The summed E-state index contributed by atoms with van der Waals surface area (Å²) < 4.78 is 38.9. The molecule has 0 radical (unpaired) electrons. The van der Waals surface area contributed by atoms with Gasteiger partial charge in [-0.1, -0.05) is 32.0 Å². The van der Waals surface area contributed by atoms with Gasteiger partial charge in [0.05, 0.1) is 18.4 Å². The van der Waals surface area contributed by atoms with Crippen LogP contribution >= 0.6 is 12.4 Å². The van der Waals surface area contributed by atoms with Crippen molar-refractivity contribution in [2.45, 2.75) is 25.9 Å². The number of carboxylic acid groups (broad SMARTS) is 1. The summed E-state index contributed by atoms with van der Waals surface area (Å²) in [6.07, 6.45) is -4.60. The molecule has 2 atom stereocenters. The topological polar surface area (TPSA) is 69.6 Å². The van der Waals surface area contributed by atoms with Gasteiger partial charge < -0.3 is 10.4 Å². The van der Waals surface area contributed by atoms with Crippen molar-refractivity contribution in [2.24, 2.45) is 11.8 Å². The Hall–Kier alpha value is -1.80. The van der Waals surface area contributed by atoms with E-state index in [1.165, 1.54) is 4.90 Å². The lowest BCUT2D eigenvalue weighted by Gasteiger charge is -2.19. The molecule has 0 bridgehead atoms. The van der Waals surface area contributed by atoms with Crippen molar-refractivity contribution in [3.05, 3.63) is 29.8 Å². The zero-order chi connectivity index (χ0) is 18.8. The minimum Gasteiger partial charge on any atom is -0.481 e. The number of carbonyl (C=O) groups excluding carboxylic acids is 1. The predicted octanol–water partition coefficient (Wildman–Crippen LogP) is 3.37. The second-order valence-electron chi connectivity index (χ2n) is 6.58. The van der Waals surface area contributed by atoms with E-state index < -0.39 is 36.4 Å². The van der Waals surface area contributed by atoms with Crippen LogP contribution in [-0.2, 0) is 9.59 Å². The molecule has 1 amide bonds. The molecule has 0 saturated carbocycles. The molecule has 0 aromatic heterocycles. The Bertz CT molecular complexity index is 652. The van der Waals surface area contributed by atoms with E-state index in [4.69, 9.17) is 5.11 Å². The van der Waals surface area contributed by atoms with E-state index in [-0.39, 0.29) is 31.4 Å². The van der Waals surface area contributed by atoms with E-state index in [1.807, 2.05) is 26.0 Å². The van der Waals surface area contributed by atoms with Crippen LogP contribution in [0, 0.1) is 11.8 Å². The number of benzene rings is 1. The van der Waals surface area contributed by atoms with Crippen LogP contribution < -0.4 is 5.32 Å². The number of carbonyl (C=O) groups is 2. The van der Waals surface area contributed by atoms with Crippen molar-refractivity contribution >= 4 is 30.0 Å². The van der Waals surface area contributed by atoms with E-state index in [2.05, 4.69) is 5.32 Å². The van der Waals surface area contributed by atoms with Gasteiger partial charge in [-0.3, -0.25) is 14.5 Å². The lowest BCUT2D eigenvalue weighted by Crippen LogP contribution is -2.34. The molecule has 1 aromatic carbocycles. The maximum absolute atomic E-state index is 13.0. The number of nitrogens with one attached hydrogen (secondary N) is 1. The number of hydrogen-bond donors (Lipinski definition) is 2. The van der Waals surface area contributed by atoms with Gasteiger partial charge in [-0.05, 0) is 17.5 Å². The molecule has 1 aromatic rings. The van der Waals surface area contributed by atoms with Gasteiger partial charge in [0.25, 0.3) is 0 Å². The Morgan fingerprint density at radius 1 is 1.27 bits per heavy atom. The largest absolute Gasteiger partial charge is 0.481 e.